The number of anilines is 1. The third-order valence-corrected chi connectivity index (χ3v) is 5.14. The molecule has 23 heavy (non-hydrogen) atoms. The maximum absolute atomic E-state index is 12.1. The number of benzene rings is 1. The molecule has 1 aromatic carbocycles. The van der Waals surface area contributed by atoms with Crippen molar-refractivity contribution in [1.29, 1.82) is 0 Å². The smallest absolute Gasteiger partial charge is 0.345 e. The van der Waals surface area contributed by atoms with E-state index < -0.39 is 11.9 Å². The highest BCUT2D eigenvalue weighted by Crippen LogP contribution is 2.35. The van der Waals surface area contributed by atoms with Crippen LogP contribution in [0.2, 0.25) is 4.34 Å². The van der Waals surface area contributed by atoms with Crippen molar-refractivity contribution in [3.8, 4) is 11.3 Å². The lowest BCUT2D eigenvalue weighted by Crippen LogP contribution is -2.09. The van der Waals surface area contributed by atoms with E-state index in [9.17, 15) is 9.59 Å². The summed E-state index contributed by atoms with van der Waals surface area (Å²) in [6.07, 6.45) is 0. The van der Waals surface area contributed by atoms with Gasteiger partial charge in [-0.1, -0.05) is 53.3 Å². The molecule has 5 nitrogen and oxygen atoms in total. The molecule has 0 aliphatic carbocycles. The lowest BCUT2D eigenvalue weighted by molar-refractivity contribution is 0.0702. The Bertz CT molecular complexity index is 874. The predicted octanol–water partition coefficient (Wildman–Crippen LogP) is 4.48. The van der Waals surface area contributed by atoms with Gasteiger partial charge in [-0.3, -0.25) is 10.1 Å². The van der Waals surface area contributed by atoms with Gasteiger partial charge in [-0.15, -0.1) is 11.3 Å². The maximum atomic E-state index is 12.1. The first kappa shape index (κ1) is 15.7. The number of carboxylic acid groups (broad SMARTS) is 1. The number of hydrogen-bond donors (Lipinski definition) is 2. The number of hydrogen-bond acceptors (Lipinski definition) is 5. The van der Waals surface area contributed by atoms with E-state index in [1.54, 1.807) is 0 Å². The van der Waals surface area contributed by atoms with Gasteiger partial charge in [-0.05, 0) is 12.1 Å². The second-order valence-electron chi connectivity index (χ2n) is 4.43. The molecule has 0 spiro atoms. The van der Waals surface area contributed by atoms with Crippen molar-refractivity contribution in [2.24, 2.45) is 0 Å². The maximum Gasteiger partial charge on any atom is 0.345 e. The van der Waals surface area contributed by atoms with Crippen LogP contribution < -0.4 is 5.32 Å². The highest BCUT2D eigenvalue weighted by Gasteiger charge is 2.16. The van der Waals surface area contributed by atoms with E-state index >= 15 is 0 Å². The van der Waals surface area contributed by atoms with E-state index in [0.717, 1.165) is 28.2 Å². The minimum Gasteiger partial charge on any atom is -0.477 e. The number of carbonyl (C=O) groups is 2. The van der Waals surface area contributed by atoms with Gasteiger partial charge >= 0.3 is 5.97 Å². The van der Waals surface area contributed by atoms with Crippen LogP contribution in [0.4, 0.5) is 5.13 Å². The van der Waals surface area contributed by atoms with E-state index in [-0.39, 0.29) is 4.88 Å². The van der Waals surface area contributed by atoms with Gasteiger partial charge in [-0.25, -0.2) is 9.78 Å². The summed E-state index contributed by atoms with van der Waals surface area (Å²) in [5.41, 5.74) is 1.46. The van der Waals surface area contributed by atoms with Crippen molar-refractivity contribution >= 4 is 51.3 Å². The minimum absolute atomic E-state index is 0.109. The highest BCUT2D eigenvalue weighted by atomic mass is 35.5. The molecular weight excluding hydrogens is 356 g/mol. The summed E-state index contributed by atoms with van der Waals surface area (Å²) in [4.78, 5) is 27.7. The SMILES string of the molecule is O=C(O)c1ccc(C(=O)Nc2nc(-c3ccccc3)c(Cl)s2)s1. The standard InChI is InChI=1S/C15H9ClN2O3S2/c16-12-11(8-4-2-1-3-5-8)17-15(23-12)18-13(19)9-6-7-10(22-9)14(20)21/h1-7H,(H,20,21)(H,17,18,19). The molecule has 0 radical (unpaired) electrons. The molecule has 0 atom stereocenters. The molecule has 2 heterocycles. The normalized spacial score (nSPS) is 10.5. The number of nitrogens with zero attached hydrogens (tertiary/aromatic N) is 1. The average Bonchev–Trinajstić information content (AvgIpc) is 3.15. The van der Waals surface area contributed by atoms with Crippen LogP contribution in [0.5, 0.6) is 0 Å². The van der Waals surface area contributed by atoms with Crippen molar-refractivity contribution in [2.75, 3.05) is 5.32 Å². The van der Waals surface area contributed by atoms with Gasteiger partial charge in [0.05, 0.1) is 4.88 Å². The lowest BCUT2D eigenvalue weighted by Gasteiger charge is -1.98. The van der Waals surface area contributed by atoms with E-state index in [0.29, 0.717) is 20.0 Å². The fraction of sp³-hybridized carbons (Fsp3) is 0. The van der Waals surface area contributed by atoms with E-state index in [4.69, 9.17) is 16.7 Å². The number of thiophene rings is 1. The molecule has 0 fully saturated rings. The lowest BCUT2D eigenvalue weighted by atomic mass is 10.2. The van der Waals surface area contributed by atoms with Crippen LogP contribution in [0.1, 0.15) is 19.3 Å². The molecule has 8 heteroatoms. The van der Waals surface area contributed by atoms with Crippen LogP contribution in [0, 0.1) is 0 Å². The van der Waals surface area contributed by atoms with Crippen LogP contribution in [-0.2, 0) is 0 Å². The zero-order valence-electron chi connectivity index (χ0n) is 11.4. The largest absolute Gasteiger partial charge is 0.477 e. The van der Waals surface area contributed by atoms with Gasteiger partial charge < -0.3 is 5.11 Å². The molecule has 0 aliphatic heterocycles. The van der Waals surface area contributed by atoms with Crippen molar-refractivity contribution in [3.63, 3.8) is 0 Å². The Morgan fingerprint density at radius 3 is 2.39 bits per heavy atom. The molecular formula is C15H9ClN2O3S2. The predicted molar refractivity (Wildman–Crippen MR) is 91.8 cm³/mol. The van der Waals surface area contributed by atoms with Crippen LogP contribution in [0.15, 0.2) is 42.5 Å². The summed E-state index contributed by atoms with van der Waals surface area (Å²) >= 11 is 8.25. The Kier molecular flexibility index (Phi) is 4.42. The van der Waals surface area contributed by atoms with Crippen molar-refractivity contribution in [3.05, 3.63) is 56.6 Å². The molecule has 0 bridgehead atoms. The van der Waals surface area contributed by atoms with Gasteiger partial charge in [0, 0.05) is 5.56 Å². The van der Waals surface area contributed by atoms with Crippen molar-refractivity contribution < 1.29 is 14.7 Å². The van der Waals surface area contributed by atoms with Gasteiger partial charge in [0.1, 0.15) is 14.9 Å². The molecule has 0 unspecified atom stereocenters. The summed E-state index contributed by atoms with van der Waals surface area (Å²) in [7, 11) is 0. The first-order valence-corrected chi connectivity index (χ1v) is 8.42. The van der Waals surface area contributed by atoms with Crippen molar-refractivity contribution in [2.45, 2.75) is 0 Å². The van der Waals surface area contributed by atoms with Crippen LogP contribution in [-0.4, -0.2) is 22.0 Å². The molecule has 3 aromatic rings. The number of aromatic carboxylic acids is 1. The second kappa shape index (κ2) is 6.49. The van der Waals surface area contributed by atoms with Crippen molar-refractivity contribution in [1.82, 2.24) is 4.98 Å². The van der Waals surface area contributed by atoms with Crippen LogP contribution in [0.3, 0.4) is 0 Å². The number of nitrogens with one attached hydrogen (secondary N) is 1. The number of halogens is 1. The first-order valence-electron chi connectivity index (χ1n) is 6.41. The number of thiazole rings is 1. The van der Waals surface area contributed by atoms with Gasteiger partial charge in [0.25, 0.3) is 5.91 Å². The number of amides is 1. The average molecular weight is 365 g/mol. The van der Waals surface area contributed by atoms with Crippen LogP contribution in [0.25, 0.3) is 11.3 Å². The van der Waals surface area contributed by atoms with E-state index in [1.165, 1.54) is 12.1 Å². The number of carboxylic acids is 1. The molecule has 2 aromatic heterocycles. The highest BCUT2D eigenvalue weighted by molar-refractivity contribution is 7.20. The number of aromatic nitrogens is 1. The topological polar surface area (TPSA) is 79.3 Å². The molecule has 2 N–H and O–H groups in total. The zero-order valence-corrected chi connectivity index (χ0v) is 13.8. The Morgan fingerprint density at radius 1 is 1.04 bits per heavy atom. The zero-order chi connectivity index (χ0) is 16.4. The van der Waals surface area contributed by atoms with Crippen LogP contribution >= 0.6 is 34.3 Å². The monoisotopic (exact) mass is 364 g/mol. The quantitative estimate of drug-likeness (QED) is 0.715. The Morgan fingerprint density at radius 2 is 1.74 bits per heavy atom. The first-order chi connectivity index (χ1) is 11.0. The number of carbonyl (C=O) groups excluding carboxylic acids is 1. The molecule has 3 rings (SSSR count). The summed E-state index contributed by atoms with van der Waals surface area (Å²) < 4.78 is 0.476. The molecule has 0 saturated carbocycles. The summed E-state index contributed by atoms with van der Waals surface area (Å²) in [6.45, 7) is 0. The number of rotatable bonds is 4. The third-order valence-electron chi connectivity index (χ3n) is 2.89. The molecule has 1 amide bonds. The summed E-state index contributed by atoms with van der Waals surface area (Å²) in [6, 6.07) is 12.3. The molecule has 0 aliphatic rings. The van der Waals surface area contributed by atoms with Gasteiger partial charge in [0.15, 0.2) is 5.13 Å². The van der Waals surface area contributed by atoms with E-state index in [2.05, 4.69) is 10.3 Å². The van der Waals surface area contributed by atoms with Gasteiger partial charge in [0.2, 0.25) is 0 Å². The Hall–Kier alpha value is -2.22. The summed E-state index contributed by atoms with van der Waals surface area (Å²) in [5, 5.41) is 11.9. The fourth-order valence-corrected chi connectivity index (χ4v) is 3.68. The Labute approximate surface area is 144 Å². The summed E-state index contributed by atoms with van der Waals surface area (Å²) in [5.74, 6) is -1.47. The van der Waals surface area contributed by atoms with E-state index in [1.807, 2.05) is 30.3 Å². The second-order valence-corrected chi connectivity index (χ2v) is 7.12. The molecule has 116 valence electrons. The Balaban J connectivity index is 1.80. The van der Waals surface area contributed by atoms with Gasteiger partial charge in [-0.2, -0.15) is 0 Å². The third kappa shape index (κ3) is 3.42. The fourth-order valence-electron chi connectivity index (χ4n) is 1.86. The molecule has 0 saturated heterocycles. The minimum atomic E-state index is -1.06.